The normalized spacial score (nSPS) is 10.6. The van der Waals surface area contributed by atoms with Gasteiger partial charge < -0.3 is 9.84 Å². The number of anilines is 1. The number of ether oxygens (including phenoxy) is 1. The van der Waals surface area contributed by atoms with Crippen molar-refractivity contribution in [3.8, 4) is 11.5 Å². The van der Waals surface area contributed by atoms with Crippen molar-refractivity contribution >= 4 is 23.3 Å². The van der Waals surface area contributed by atoms with Crippen molar-refractivity contribution in [2.45, 2.75) is 6.92 Å². The number of phenols is 1. The fourth-order valence-electron chi connectivity index (χ4n) is 1.94. The molecule has 0 bridgehead atoms. The van der Waals surface area contributed by atoms with Crippen LogP contribution in [-0.2, 0) is 0 Å². The maximum absolute atomic E-state index is 11.0. The van der Waals surface area contributed by atoms with Gasteiger partial charge >= 0.3 is 5.69 Å². The van der Waals surface area contributed by atoms with Crippen molar-refractivity contribution in [2.24, 2.45) is 5.10 Å². The Kier molecular flexibility index (Phi) is 5.46. The molecular formula is C15H14N4O6. The fraction of sp³-hybridized carbons (Fsp3) is 0.133. The molecule has 0 atom stereocenters. The molecule has 10 heteroatoms. The third-order valence-corrected chi connectivity index (χ3v) is 3.07. The van der Waals surface area contributed by atoms with Crippen LogP contribution in [0.15, 0.2) is 41.5 Å². The summed E-state index contributed by atoms with van der Waals surface area (Å²) in [5.74, 6) is 0.269. The zero-order chi connectivity index (χ0) is 18.4. The van der Waals surface area contributed by atoms with Crippen molar-refractivity contribution < 1.29 is 19.7 Å². The number of nitrogens with zero attached hydrogens (tertiary/aromatic N) is 3. The average Bonchev–Trinajstić information content (AvgIpc) is 2.57. The number of hydrogen-bond donors (Lipinski definition) is 2. The number of nitro groups is 2. The van der Waals surface area contributed by atoms with E-state index in [0.29, 0.717) is 12.2 Å². The van der Waals surface area contributed by atoms with E-state index in [1.165, 1.54) is 18.3 Å². The van der Waals surface area contributed by atoms with Gasteiger partial charge in [0.2, 0.25) is 0 Å². The van der Waals surface area contributed by atoms with Crippen molar-refractivity contribution in [3.05, 3.63) is 62.2 Å². The molecule has 0 spiro atoms. The van der Waals surface area contributed by atoms with Crippen molar-refractivity contribution in [1.82, 2.24) is 0 Å². The zero-order valence-corrected chi connectivity index (χ0v) is 13.1. The van der Waals surface area contributed by atoms with Crippen LogP contribution >= 0.6 is 0 Å². The maximum Gasteiger partial charge on any atom is 0.301 e. The molecule has 0 unspecified atom stereocenters. The third kappa shape index (κ3) is 4.41. The molecule has 2 aromatic carbocycles. The highest BCUT2D eigenvalue weighted by Crippen LogP contribution is 2.29. The first-order valence-electron chi connectivity index (χ1n) is 7.10. The van der Waals surface area contributed by atoms with E-state index >= 15 is 0 Å². The van der Waals surface area contributed by atoms with E-state index in [-0.39, 0.29) is 22.9 Å². The van der Waals surface area contributed by atoms with Crippen LogP contribution in [0.25, 0.3) is 0 Å². The Morgan fingerprint density at radius 2 is 1.96 bits per heavy atom. The predicted molar refractivity (Wildman–Crippen MR) is 90.2 cm³/mol. The van der Waals surface area contributed by atoms with E-state index in [1.54, 1.807) is 19.1 Å². The number of rotatable bonds is 7. The lowest BCUT2D eigenvalue weighted by Gasteiger charge is -2.06. The Labute approximate surface area is 141 Å². The molecule has 10 nitrogen and oxygen atoms in total. The van der Waals surface area contributed by atoms with E-state index in [4.69, 9.17) is 4.74 Å². The smallest absolute Gasteiger partial charge is 0.301 e. The SMILES string of the molecule is CCOc1cc(/C=N\Nc2ccc([N+](=O)[O-])cc2[N+](=O)[O-])ccc1O. The number of aromatic hydroxyl groups is 1. The summed E-state index contributed by atoms with van der Waals surface area (Å²) >= 11 is 0. The van der Waals surface area contributed by atoms with Crippen molar-refractivity contribution in [3.63, 3.8) is 0 Å². The second-order valence-corrected chi connectivity index (χ2v) is 4.75. The molecule has 0 radical (unpaired) electrons. The molecular weight excluding hydrogens is 332 g/mol. The summed E-state index contributed by atoms with van der Waals surface area (Å²) in [6, 6.07) is 7.75. The summed E-state index contributed by atoms with van der Waals surface area (Å²) in [5.41, 5.74) is 2.22. The van der Waals surface area contributed by atoms with Crippen LogP contribution in [0.4, 0.5) is 17.1 Å². The Bertz CT molecular complexity index is 837. The molecule has 0 aliphatic rings. The van der Waals surface area contributed by atoms with Crippen molar-refractivity contribution in [1.29, 1.82) is 0 Å². The summed E-state index contributed by atoms with van der Waals surface area (Å²) in [5, 5.41) is 35.2. The summed E-state index contributed by atoms with van der Waals surface area (Å²) in [6.07, 6.45) is 1.37. The van der Waals surface area contributed by atoms with Crippen LogP contribution in [0.1, 0.15) is 12.5 Å². The molecule has 0 aliphatic carbocycles. The lowest BCUT2D eigenvalue weighted by Crippen LogP contribution is -1.99. The number of hydrazone groups is 1. The van der Waals surface area contributed by atoms with Gasteiger partial charge in [0.15, 0.2) is 11.5 Å². The van der Waals surface area contributed by atoms with Gasteiger partial charge in [-0.3, -0.25) is 25.7 Å². The van der Waals surface area contributed by atoms with Gasteiger partial charge in [-0.25, -0.2) is 0 Å². The van der Waals surface area contributed by atoms with Gasteiger partial charge in [-0.05, 0) is 36.8 Å². The second-order valence-electron chi connectivity index (χ2n) is 4.75. The minimum absolute atomic E-state index is 0.00987. The highest BCUT2D eigenvalue weighted by Gasteiger charge is 2.19. The van der Waals surface area contributed by atoms with Gasteiger partial charge in [0, 0.05) is 6.07 Å². The summed E-state index contributed by atoms with van der Waals surface area (Å²) in [4.78, 5) is 20.3. The minimum Gasteiger partial charge on any atom is -0.504 e. The van der Waals surface area contributed by atoms with E-state index in [0.717, 1.165) is 12.1 Å². The fourth-order valence-corrected chi connectivity index (χ4v) is 1.94. The largest absolute Gasteiger partial charge is 0.504 e. The van der Waals surface area contributed by atoms with Crippen molar-refractivity contribution in [2.75, 3.05) is 12.0 Å². The quantitative estimate of drug-likeness (QED) is 0.446. The first-order chi connectivity index (χ1) is 11.9. The molecule has 25 heavy (non-hydrogen) atoms. The topological polar surface area (TPSA) is 140 Å². The first kappa shape index (κ1) is 17.7. The molecule has 2 aromatic rings. The Hall–Kier alpha value is -3.69. The number of hydrogen-bond acceptors (Lipinski definition) is 8. The molecule has 0 saturated heterocycles. The lowest BCUT2D eigenvalue weighted by atomic mass is 10.2. The highest BCUT2D eigenvalue weighted by molar-refractivity contribution is 5.82. The third-order valence-electron chi connectivity index (χ3n) is 3.07. The number of non-ortho nitro benzene ring substituents is 1. The van der Waals surface area contributed by atoms with Gasteiger partial charge in [0.05, 0.1) is 28.7 Å². The Morgan fingerprint density at radius 3 is 2.60 bits per heavy atom. The van der Waals surface area contributed by atoms with Crippen LogP contribution < -0.4 is 10.2 Å². The van der Waals surface area contributed by atoms with Gasteiger partial charge in [0.1, 0.15) is 5.69 Å². The molecule has 0 heterocycles. The monoisotopic (exact) mass is 346 g/mol. The van der Waals surface area contributed by atoms with Gasteiger partial charge in [-0.2, -0.15) is 5.10 Å². The molecule has 2 rings (SSSR count). The number of nitrogens with one attached hydrogen (secondary N) is 1. The zero-order valence-electron chi connectivity index (χ0n) is 13.1. The summed E-state index contributed by atoms with van der Waals surface area (Å²) in [6.45, 7) is 2.15. The average molecular weight is 346 g/mol. The molecule has 0 fully saturated rings. The van der Waals surface area contributed by atoms with Crippen LogP contribution in [0, 0.1) is 20.2 Å². The van der Waals surface area contributed by atoms with E-state index in [1.807, 2.05) is 0 Å². The van der Waals surface area contributed by atoms with Gasteiger partial charge in [-0.1, -0.05) is 0 Å². The summed E-state index contributed by atoms with van der Waals surface area (Å²) in [7, 11) is 0. The molecule has 130 valence electrons. The number of benzene rings is 2. The van der Waals surface area contributed by atoms with Crippen LogP contribution in [0.3, 0.4) is 0 Å². The van der Waals surface area contributed by atoms with E-state index in [2.05, 4.69) is 10.5 Å². The van der Waals surface area contributed by atoms with Crippen LogP contribution in [0.5, 0.6) is 11.5 Å². The maximum atomic E-state index is 11.0. The standard InChI is InChI=1S/C15H14N4O6/c1-2-25-15-7-10(3-6-14(15)20)9-16-17-12-5-4-11(18(21)22)8-13(12)19(23)24/h3-9,17,20H,2H2,1H3/b16-9-. The second kappa shape index (κ2) is 7.73. The predicted octanol–water partition coefficient (Wildman–Crippen LogP) is 3.05. The van der Waals surface area contributed by atoms with E-state index in [9.17, 15) is 25.3 Å². The number of phenolic OH excluding ortho intramolecular Hbond substituents is 1. The number of nitro benzene ring substituents is 2. The Morgan fingerprint density at radius 1 is 1.20 bits per heavy atom. The van der Waals surface area contributed by atoms with Gasteiger partial charge in [0.25, 0.3) is 5.69 Å². The van der Waals surface area contributed by atoms with Crippen LogP contribution in [0.2, 0.25) is 0 Å². The minimum atomic E-state index is -0.737. The van der Waals surface area contributed by atoms with Crippen LogP contribution in [-0.4, -0.2) is 27.8 Å². The van der Waals surface area contributed by atoms with Gasteiger partial charge in [-0.15, -0.1) is 0 Å². The molecule has 0 aliphatic heterocycles. The van der Waals surface area contributed by atoms with E-state index < -0.39 is 15.5 Å². The molecule has 0 aromatic heterocycles. The lowest BCUT2D eigenvalue weighted by molar-refractivity contribution is -0.393. The summed E-state index contributed by atoms with van der Waals surface area (Å²) < 4.78 is 5.24. The Balaban J connectivity index is 2.20. The highest BCUT2D eigenvalue weighted by atomic mass is 16.6. The first-order valence-corrected chi connectivity index (χ1v) is 7.10. The molecule has 0 saturated carbocycles. The molecule has 0 amide bonds. The molecule has 2 N–H and O–H groups in total.